The molecule has 0 bridgehead atoms. The molecule has 0 amide bonds. The number of rotatable bonds is 4. The first-order valence-corrected chi connectivity index (χ1v) is 4.78. The molecule has 0 heterocycles. The van der Waals surface area contributed by atoms with Gasteiger partial charge in [0.1, 0.15) is 5.82 Å². The summed E-state index contributed by atoms with van der Waals surface area (Å²) in [5.41, 5.74) is 0.752. The molecule has 5 heteroatoms. The molecule has 2 N–H and O–H groups in total. The van der Waals surface area contributed by atoms with E-state index in [0.29, 0.717) is 0 Å². The number of nitrogens with one attached hydrogen (secondary N) is 1. The highest BCUT2D eigenvalue weighted by molar-refractivity contribution is 6.30. The second-order valence-electron chi connectivity index (χ2n) is 3.17. The molecule has 0 radical (unpaired) electrons. The largest absolute Gasteiger partial charge is 0.480 e. The number of carboxylic acids is 1. The third-order valence-electron chi connectivity index (χ3n) is 2.00. The van der Waals surface area contributed by atoms with Crippen molar-refractivity contribution >= 4 is 17.6 Å². The van der Waals surface area contributed by atoms with Crippen LogP contribution in [0.4, 0.5) is 4.39 Å². The van der Waals surface area contributed by atoms with Gasteiger partial charge in [-0.05, 0) is 24.6 Å². The normalized spacial score (nSPS) is 12.5. The number of halogens is 2. The van der Waals surface area contributed by atoms with Crippen molar-refractivity contribution in [1.29, 1.82) is 0 Å². The average molecular weight is 232 g/mol. The summed E-state index contributed by atoms with van der Waals surface area (Å²) in [6.07, 6.45) is 0. The molecule has 0 fully saturated rings. The van der Waals surface area contributed by atoms with Crippen LogP contribution in [0.1, 0.15) is 18.5 Å². The van der Waals surface area contributed by atoms with Crippen molar-refractivity contribution in [1.82, 2.24) is 5.32 Å². The topological polar surface area (TPSA) is 49.3 Å². The number of carbonyl (C=O) groups is 1. The minimum absolute atomic E-state index is 0.0384. The summed E-state index contributed by atoms with van der Waals surface area (Å²) in [6.45, 7) is 1.64. The Labute approximate surface area is 91.9 Å². The fourth-order valence-electron chi connectivity index (χ4n) is 1.14. The lowest BCUT2D eigenvalue weighted by molar-refractivity contribution is -0.136. The maximum Gasteiger partial charge on any atom is 0.317 e. The zero-order chi connectivity index (χ0) is 11.4. The fraction of sp³-hybridized carbons (Fsp3) is 0.300. The Hall–Kier alpha value is -1.13. The van der Waals surface area contributed by atoms with Crippen molar-refractivity contribution in [2.45, 2.75) is 13.0 Å². The van der Waals surface area contributed by atoms with Gasteiger partial charge in [0.25, 0.3) is 0 Å². The van der Waals surface area contributed by atoms with Gasteiger partial charge < -0.3 is 10.4 Å². The SMILES string of the molecule is CC(NCC(=O)O)c1ccc(F)c(Cl)c1. The minimum atomic E-state index is -0.935. The molecule has 0 aliphatic rings. The van der Waals surface area contributed by atoms with Gasteiger partial charge in [-0.15, -0.1) is 0 Å². The molecule has 82 valence electrons. The van der Waals surface area contributed by atoms with Crippen LogP contribution < -0.4 is 5.32 Å². The Morgan fingerprint density at radius 2 is 2.33 bits per heavy atom. The highest BCUT2D eigenvalue weighted by Crippen LogP contribution is 2.20. The van der Waals surface area contributed by atoms with Crippen molar-refractivity contribution in [2.24, 2.45) is 0 Å². The van der Waals surface area contributed by atoms with Gasteiger partial charge in [-0.2, -0.15) is 0 Å². The Morgan fingerprint density at radius 3 is 2.87 bits per heavy atom. The number of hydrogen-bond acceptors (Lipinski definition) is 2. The second kappa shape index (κ2) is 5.09. The van der Waals surface area contributed by atoms with Crippen molar-refractivity contribution in [3.8, 4) is 0 Å². The van der Waals surface area contributed by atoms with E-state index in [4.69, 9.17) is 16.7 Å². The Bertz CT molecular complexity index is 370. The van der Waals surface area contributed by atoms with Crippen LogP contribution in [-0.2, 0) is 4.79 Å². The molecule has 0 saturated carbocycles. The number of hydrogen-bond donors (Lipinski definition) is 2. The Morgan fingerprint density at radius 1 is 1.67 bits per heavy atom. The summed E-state index contributed by atoms with van der Waals surface area (Å²) in [5.74, 6) is -1.42. The van der Waals surface area contributed by atoms with Gasteiger partial charge in [0.15, 0.2) is 0 Å². The first-order chi connectivity index (χ1) is 7.00. The summed E-state index contributed by atoms with van der Waals surface area (Å²) in [7, 11) is 0. The van der Waals surface area contributed by atoms with Crippen LogP contribution >= 0.6 is 11.6 Å². The van der Waals surface area contributed by atoms with Crippen molar-refractivity contribution < 1.29 is 14.3 Å². The molecule has 0 aromatic heterocycles. The quantitative estimate of drug-likeness (QED) is 0.835. The summed E-state index contributed by atoms with van der Waals surface area (Å²) >= 11 is 5.60. The monoisotopic (exact) mass is 231 g/mol. The number of benzene rings is 1. The summed E-state index contributed by atoms with van der Waals surface area (Å²) in [4.78, 5) is 10.3. The predicted molar refractivity (Wildman–Crippen MR) is 55.5 cm³/mol. The van der Waals surface area contributed by atoms with Crippen LogP contribution in [-0.4, -0.2) is 17.6 Å². The van der Waals surface area contributed by atoms with E-state index in [1.54, 1.807) is 13.0 Å². The van der Waals surface area contributed by atoms with Gasteiger partial charge >= 0.3 is 5.97 Å². The van der Waals surface area contributed by atoms with E-state index in [9.17, 15) is 9.18 Å². The third-order valence-corrected chi connectivity index (χ3v) is 2.29. The van der Waals surface area contributed by atoms with E-state index in [0.717, 1.165) is 5.56 Å². The summed E-state index contributed by atoms with van der Waals surface area (Å²) in [5, 5.41) is 11.3. The zero-order valence-corrected chi connectivity index (χ0v) is 8.88. The molecule has 3 nitrogen and oxygen atoms in total. The second-order valence-corrected chi connectivity index (χ2v) is 3.58. The highest BCUT2D eigenvalue weighted by atomic mass is 35.5. The Kier molecular flexibility index (Phi) is 4.05. The van der Waals surface area contributed by atoms with Gasteiger partial charge in [0, 0.05) is 6.04 Å². The fourth-order valence-corrected chi connectivity index (χ4v) is 1.33. The van der Waals surface area contributed by atoms with Crippen LogP contribution in [0.3, 0.4) is 0 Å². The molecular formula is C10H11ClFNO2. The first kappa shape index (κ1) is 11.9. The lowest BCUT2D eigenvalue weighted by Crippen LogP contribution is -2.25. The van der Waals surface area contributed by atoms with E-state index in [-0.39, 0.29) is 17.6 Å². The van der Waals surface area contributed by atoms with Crippen LogP contribution in [0.5, 0.6) is 0 Å². The molecule has 1 aromatic rings. The molecule has 1 rings (SSSR count). The van der Waals surface area contributed by atoms with Crippen molar-refractivity contribution in [3.05, 3.63) is 34.6 Å². The van der Waals surface area contributed by atoms with E-state index >= 15 is 0 Å². The molecular weight excluding hydrogens is 221 g/mol. The van der Waals surface area contributed by atoms with Crippen LogP contribution in [0.25, 0.3) is 0 Å². The van der Waals surface area contributed by atoms with Crippen molar-refractivity contribution in [3.63, 3.8) is 0 Å². The van der Waals surface area contributed by atoms with Gasteiger partial charge in [-0.1, -0.05) is 17.7 Å². The highest BCUT2D eigenvalue weighted by Gasteiger charge is 2.08. The van der Waals surface area contributed by atoms with Gasteiger partial charge in [-0.25, -0.2) is 4.39 Å². The summed E-state index contributed by atoms with van der Waals surface area (Å²) < 4.78 is 12.8. The minimum Gasteiger partial charge on any atom is -0.480 e. The molecule has 1 aromatic carbocycles. The zero-order valence-electron chi connectivity index (χ0n) is 8.13. The third kappa shape index (κ3) is 3.49. The van der Waals surface area contributed by atoms with E-state index < -0.39 is 11.8 Å². The summed E-state index contributed by atoms with van der Waals surface area (Å²) in [6, 6.07) is 4.13. The lowest BCUT2D eigenvalue weighted by atomic mass is 10.1. The van der Waals surface area contributed by atoms with Crippen molar-refractivity contribution in [2.75, 3.05) is 6.54 Å². The van der Waals surface area contributed by atoms with Gasteiger partial charge in [0.05, 0.1) is 11.6 Å². The number of aliphatic carboxylic acids is 1. The van der Waals surface area contributed by atoms with Gasteiger partial charge in [0.2, 0.25) is 0 Å². The van der Waals surface area contributed by atoms with Crippen LogP contribution in [0, 0.1) is 5.82 Å². The first-order valence-electron chi connectivity index (χ1n) is 4.41. The van der Waals surface area contributed by atoms with Crippen LogP contribution in [0.15, 0.2) is 18.2 Å². The molecule has 15 heavy (non-hydrogen) atoms. The predicted octanol–water partition coefficient (Wildman–Crippen LogP) is 2.21. The van der Waals surface area contributed by atoms with E-state index in [1.165, 1.54) is 12.1 Å². The lowest BCUT2D eigenvalue weighted by Gasteiger charge is -2.12. The number of carboxylic acid groups (broad SMARTS) is 1. The molecule has 1 atom stereocenters. The van der Waals surface area contributed by atoms with Gasteiger partial charge in [-0.3, -0.25) is 4.79 Å². The maximum absolute atomic E-state index is 12.8. The molecule has 0 saturated heterocycles. The molecule has 1 unspecified atom stereocenters. The Balaban J connectivity index is 2.69. The van der Waals surface area contributed by atoms with Crippen LogP contribution in [0.2, 0.25) is 5.02 Å². The maximum atomic E-state index is 12.8. The average Bonchev–Trinajstić information content (AvgIpc) is 2.18. The van der Waals surface area contributed by atoms with E-state index in [2.05, 4.69) is 5.32 Å². The standard InChI is InChI=1S/C10H11ClFNO2/c1-6(13-5-10(14)15)7-2-3-9(12)8(11)4-7/h2-4,6,13H,5H2,1H3,(H,14,15). The molecule has 0 aliphatic heterocycles. The smallest absolute Gasteiger partial charge is 0.317 e. The molecule has 0 aliphatic carbocycles. The molecule has 0 spiro atoms. The van der Waals surface area contributed by atoms with E-state index in [1.807, 2.05) is 0 Å².